The molecule has 0 radical (unpaired) electrons. The first-order valence-electron chi connectivity index (χ1n) is 8.52. The molecule has 0 spiro atoms. The molecule has 8 nitrogen and oxygen atoms in total. The van der Waals surface area contributed by atoms with Crippen molar-refractivity contribution < 1.29 is 22.4 Å². The molecule has 1 aromatic heterocycles. The Morgan fingerprint density at radius 3 is 2.34 bits per heavy atom. The Morgan fingerprint density at radius 2 is 1.72 bits per heavy atom. The van der Waals surface area contributed by atoms with Crippen LogP contribution in [0.25, 0.3) is 11.0 Å². The van der Waals surface area contributed by atoms with Crippen LogP contribution in [-0.2, 0) is 14.9 Å². The summed E-state index contributed by atoms with van der Waals surface area (Å²) in [4.78, 5) is 26.1. The number of hydroxylamine groups is 1. The standard InChI is InChI=1S/C19H19FN4O4S/c1-11-12(2)22-18-16(9-13(20)10-17(18)21-11)19(25)23-14-5-7-15(8-6-14)29(26,27)24(3)28-4/h5-10H,1-4H3,(H,23,25). The van der Waals surface area contributed by atoms with Crippen molar-refractivity contribution in [1.29, 1.82) is 0 Å². The number of anilines is 1. The lowest BCUT2D eigenvalue weighted by molar-refractivity contribution is -0.0258. The van der Waals surface area contributed by atoms with Gasteiger partial charge in [0.2, 0.25) is 0 Å². The summed E-state index contributed by atoms with van der Waals surface area (Å²) in [5, 5.41) is 2.62. The first-order valence-corrected chi connectivity index (χ1v) is 9.96. The maximum absolute atomic E-state index is 14.0. The van der Waals surface area contributed by atoms with Gasteiger partial charge in [-0.15, -0.1) is 0 Å². The van der Waals surface area contributed by atoms with Crippen molar-refractivity contribution in [3.05, 3.63) is 59.2 Å². The van der Waals surface area contributed by atoms with E-state index in [2.05, 4.69) is 15.3 Å². The third-order valence-electron chi connectivity index (χ3n) is 4.40. The second-order valence-corrected chi connectivity index (χ2v) is 8.23. The van der Waals surface area contributed by atoms with Crippen LogP contribution in [0.4, 0.5) is 10.1 Å². The second kappa shape index (κ2) is 7.82. The van der Waals surface area contributed by atoms with Gasteiger partial charge in [-0.3, -0.25) is 9.63 Å². The highest BCUT2D eigenvalue weighted by Crippen LogP contribution is 2.22. The number of halogens is 1. The van der Waals surface area contributed by atoms with Crippen molar-refractivity contribution in [1.82, 2.24) is 14.4 Å². The summed E-state index contributed by atoms with van der Waals surface area (Å²) in [5.41, 5.74) is 2.21. The summed E-state index contributed by atoms with van der Waals surface area (Å²) in [7, 11) is -1.29. The molecule has 0 fully saturated rings. The monoisotopic (exact) mass is 418 g/mol. The quantitative estimate of drug-likeness (QED) is 0.640. The van der Waals surface area contributed by atoms with Crippen LogP contribution < -0.4 is 5.32 Å². The largest absolute Gasteiger partial charge is 0.322 e. The molecule has 0 saturated carbocycles. The van der Waals surface area contributed by atoms with E-state index in [0.29, 0.717) is 17.1 Å². The third-order valence-corrected chi connectivity index (χ3v) is 6.09. The molecule has 1 heterocycles. The van der Waals surface area contributed by atoms with Gasteiger partial charge in [0.1, 0.15) is 11.3 Å². The topological polar surface area (TPSA) is 101 Å². The molecule has 0 aliphatic carbocycles. The number of amides is 1. The van der Waals surface area contributed by atoms with Crippen LogP contribution in [0, 0.1) is 19.7 Å². The van der Waals surface area contributed by atoms with Gasteiger partial charge in [-0.2, -0.15) is 0 Å². The average molecular weight is 418 g/mol. The van der Waals surface area contributed by atoms with Crippen molar-refractivity contribution >= 4 is 32.7 Å². The Balaban J connectivity index is 1.92. The lowest BCUT2D eigenvalue weighted by Gasteiger charge is -2.14. The van der Waals surface area contributed by atoms with Gasteiger partial charge in [0.25, 0.3) is 15.9 Å². The minimum atomic E-state index is -3.80. The van der Waals surface area contributed by atoms with Crippen molar-refractivity contribution in [2.24, 2.45) is 0 Å². The molecular formula is C19H19FN4O4S. The van der Waals surface area contributed by atoms with Gasteiger partial charge in [-0.1, -0.05) is 4.47 Å². The molecule has 3 aromatic rings. The Labute approximate surface area is 167 Å². The summed E-state index contributed by atoms with van der Waals surface area (Å²) < 4.78 is 39.2. The molecule has 0 aliphatic rings. The summed E-state index contributed by atoms with van der Waals surface area (Å²) in [6.45, 7) is 3.51. The van der Waals surface area contributed by atoms with Gasteiger partial charge < -0.3 is 5.32 Å². The van der Waals surface area contributed by atoms with Crippen LogP contribution in [0.3, 0.4) is 0 Å². The van der Waals surface area contributed by atoms with Crippen LogP contribution in [0.5, 0.6) is 0 Å². The minimum Gasteiger partial charge on any atom is -0.322 e. The van der Waals surface area contributed by atoms with E-state index in [4.69, 9.17) is 4.84 Å². The Kier molecular flexibility index (Phi) is 5.60. The molecule has 0 aliphatic heterocycles. The van der Waals surface area contributed by atoms with Crippen molar-refractivity contribution in [2.45, 2.75) is 18.7 Å². The van der Waals surface area contributed by atoms with Gasteiger partial charge in [-0.25, -0.2) is 22.8 Å². The Hall–Kier alpha value is -2.95. The van der Waals surface area contributed by atoms with Gasteiger partial charge in [-0.05, 0) is 44.2 Å². The van der Waals surface area contributed by atoms with E-state index in [0.717, 1.165) is 10.5 Å². The van der Waals surface area contributed by atoms with Gasteiger partial charge in [0.05, 0.1) is 34.5 Å². The third kappa shape index (κ3) is 4.09. The predicted octanol–water partition coefficient (Wildman–Crippen LogP) is 2.82. The Morgan fingerprint density at radius 1 is 1.10 bits per heavy atom. The maximum Gasteiger partial charge on any atom is 0.264 e. The van der Waals surface area contributed by atoms with Gasteiger partial charge in [0.15, 0.2) is 0 Å². The van der Waals surface area contributed by atoms with Crippen molar-refractivity contribution in [3.8, 4) is 0 Å². The summed E-state index contributed by atoms with van der Waals surface area (Å²) >= 11 is 0. The second-order valence-electron chi connectivity index (χ2n) is 6.29. The molecule has 29 heavy (non-hydrogen) atoms. The van der Waals surface area contributed by atoms with Crippen LogP contribution in [0.15, 0.2) is 41.3 Å². The zero-order chi connectivity index (χ0) is 21.3. The molecule has 1 N–H and O–H groups in total. The molecular weight excluding hydrogens is 399 g/mol. The van der Waals surface area contributed by atoms with Crippen LogP contribution >= 0.6 is 0 Å². The number of nitrogens with zero attached hydrogens (tertiary/aromatic N) is 3. The number of benzene rings is 2. The van der Waals surface area contributed by atoms with E-state index in [1.165, 1.54) is 44.5 Å². The fourth-order valence-electron chi connectivity index (χ4n) is 2.63. The molecule has 0 unspecified atom stereocenters. The van der Waals surface area contributed by atoms with Crippen LogP contribution in [-0.4, -0.2) is 42.9 Å². The zero-order valence-corrected chi connectivity index (χ0v) is 17.0. The van der Waals surface area contributed by atoms with Gasteiger partial charge in [0, 0.05) is 18.8 Å². The zero-order valence-electron chi connectivity index (χ0n) is 16.2. The highest BCUT2D eigenvalue weighted by Gasteiger charge is 2.21. The molecule has 0 saturated heterocycles. The number of nitrogens with one attached hydrogen (secondary N) is 1. The van der Waals surface area contributed by atoms with Crippen LogP contribution in [0.2, 0.25) is 0 Å². The smallest absolute Gasteiger partial charge is 0.264 e. The number of hydrogen-bond donors (Lipinski definition) is 1. The molecule has 152 valence electrons. The predicted molar refractivity (Wildman–Crippen MR) is 105 cm³/mol. The number of hydrogen-bond acceptors (Lipinski definition) is 6. The summed E-state index contributed by atoms with van der Waals surface area (Å²) in [6, 6.07) is 7.83. The first-order chi connectivity index (χ1) is 13.6. The average Bonchev–Trinajstić information content (AvgIpc) is 2.68. The molecule has 10 heteroatoms. The van der Waals surface area contributed by atoms with E-state index in [9.17, 15) is 17.6 Å². The molecule has 0 atom stereocenters. The highest BCUT2D eigenvalue weighted by molar-refractivity contribution is 7.89. The van der Waals surface area contributed by atoms with E-state index >= 15 is 0 Å². The van der Waals surface area contributed by atoms with E-state index in [-0.39, 0.29) is 21.5 Å². The molecule has 1 amide bonds. The Bertz CT molecular complexity index is 1200. The van der Waals surface area contributed by atoms with E-state index in [1.54, 1.807) is 13.8 Å². The first kappa shape index (κ1) is 20.8. The van der Waals surface area contributed by atoms with E-state index in [1.807, 2.05) is 0 Å². The normalized spacial score (nSPS) is 11.8. The number of aryl methyl sites for hydroxylation is 2. The number of carbonyl (C=O) groups is 1. The van der Waals surface area contributed by atoms with Crippen molar-refractivity contribution in [2.75, 3.05) is 19.5 Å². The molecule has 3 rings (SSSR count). The number of aromatic nitrogens is 2. The van der Waals surface area contributed by atoms with E-state index < -0.39 is 21.7 Å². The summed E-state index contributed by atoms with van der Waals surface area (Å²) in [5.74, 6) is -1.19. The fraction of sp³-hybridized carbons (Fsp3) is 0.211. The molecule has 0 bridgehead atoms. The van der Waals surface area contributed by atoms with Crippen LogP contribution in [0.1, 0.15) is 21.7 Å². The number of rotatable bonds is 5. The maximum atomic E-state index is 14.0. The number of fused-ring (bicyclic) bond motifs is 1. The highest BCUT2D eigenvalue weighted by atomic mass is 32.2. The minimum absolute atomic E-state index is 0.00646. The fourth-order valence-corrected chi connectivity index (χ4v) is 3.60. The SMILES string of the molecule is CON(C)S(=O)(=O)c1ccc(NC(=O)c2cc(F)cc3nc(C)c(C)nc23)cc1. The lowest BCUT2D eigenvalue weighted by atomic mass is 10.1. The van der Waals surface area contributed by atoms with Crippen molar-refractivity contribution in [3.63, 3.8) is 0 Å². The molecule has 2 aromatic carbocycles. The number of sulfonamides is 1. The summed E-state index contributed by atoms with van der Waals surface area (Å²) in [6.07, 6.45) is 0. The van der Waals surface area contributed by atoms with Gasteiger partial charge >= 0.3 is 0 Å². The number of carbonyl (C=O) groups excluding carboxylic acids is 1. The lowest BCUT2D eigenvalue weighted by Crippen LogP contribution is -2.25.